The number of aromatic nitrogens is 1. The smallest absolute Gasteiger partial charge is 0.308 e. The quantitative estimate of drug-likeness (QED) is 0.377. The van der Waals surface area contributed by atoms with Gasteiger partial charge in [0.05, 0.1) is 19.2 Å². The maximum atomic E-state index is 13.3. The molecule has 10 heteroatoms. The molecule has 0 aliphatic rings. The summed E-state index contributed by atoms with van der Waals surface area (Å²) in [6.07, 6.45) is 1.82. The SMILES string of the molecule is COC(=O)C(C)CC(NC(=O)c1cnc(-c2ccc(F)cc2)s1)C(=O)NC(C)(C)Cc1ccc(F)cc1. The molecule has 0 saturated heterocycles. The fraction of sp³-hybridized carbons (Fsp3) is 0.333. The summed E-state index contributed by atoms with van der Waals surface area (Å²) in [5.41, 5.74) is 0.752. The highest BCUT2D eigenvalue weighted by Gasteiger charge is 2.31. The zero-order chi connectivity index (χ0) is 27.2. The Kier molecular flexibility index (Phi) is 9.09. The molecule has 0 radical (unpaired) electrons. The summed E-state index contributed by atoms with van der Waals surface area (Å²) < 4.78 is 31.3. The molecule has 37 heavy (non-hydrogen) atoms. The first kappa shape index (κ1) is 27.9. The lowest BCUT2D eigenvalue weighted by atomic mass is 9.93. The summed E-state index contributed by atoms with van der Waals surface area (Å²) >= 11 is 1.10. The molecule has 2 unspecified atom stereocenters. The molecule has 2 amide bonds. The second-order valence-corrected chi connectivity index (χ2v) is 10.4. The molecular weight excluding hydrogens is 500 g/mol. The zero-order valence-electron chi connectivity index (χ0n) is 21.0. The average Bonchev–Trinajstić information content (AvgIpc) is 3.35. The fourth-order valence-electron chi connectivity index (χ4n) is 3.79. The molecule has 2 atom stereocenters. The minimum atomic E-state index is -1.04. The molecule has 1 aromatic heterocycles. The Hall–Kier alpha value is -3.66. The first-order valence-electron chi connectivity index (χ1n) is 11.6. The molecular formula is C27H29F2N3O4S. The summed E-state index contributed by atoms with van der Waals surface area (Å²) in [5.74, 6) is -2.89. The Morgan fingerprint density at radius 1 is 1.03 bits per heavy atom. The highest BCUT2D eigenvalue weighted by Crippen LogP contribution is 2.25. The van der Waals surface area contributed by atoms with E-state index in [9.17, 15) is 23.2 Å². The number of esters is 1. The van der Waals surface area contributed by atoms with Gasteiger partial charge in [-0.15, -0.1) is 11.3 Å². The van der Waals surface area contributed by atoms with Crippen LogP contribution in [0.3, 0.4) is 0 Å². The topological polar surface area (TPSA) is 97.4 Å². The summed E-state index contributed by atoms with van der Waals surface area (Å²) in [7, 11) is 1.26. The maximum Gasteiger partial charge on any atom is 0.308 e. The van der Waals surface area contributed by atoms with Crippen molar-refractivity contribution in [2.24, 2.45) is 5.92 Å². The standard InChI is InChI=1S/C27H29F2N3O4S/c1-16(26(35)36-4)13-21(23(33)32-27(2,3)14-17-5-9-19(28)10-6-17)31-24(34)22-15-30-25(37-22)18-7-11-20(29)12-8-18/h5-12,15-16,21H,13-14H2,1-4H3,(H,31,34)(H,32,33). The monoisotopic (exact) mass is 529 g/mol. The van der Waals surface area contributed by atoms with E-state index in [2.05, 4.69) is 15.6 Å². The molecule has 2 N–H and O–H groups in total. The Bertz CT molecular complexity index is 1240. The Morgan fingerprint density at radius 3 is 2.22 bits per heavy atom. The number of rotatable bonds is 10. The van der Waals surface area contributed by atoms with E-state index >= 15 is 0 Å². The summed E-state index contributed by atoms with van der Waals surface area (Å²) in [4.78, 5) is 42.9. The molecule has 0 bridgehead atoms. The van der Waals surface area contributed by atoms with Gasteiger partial charge in [0.25, 0.3) is 5.91 Å². The summed E-state index contributed by atoms with van der Waals surface area (Å²) in [6.45, 7) is 5.24. The van der Waals surface area contributed by atoms with Gasteiger partial charge >= 0.3 is 5.97 Å². The van der Waals surface area contributed by atoms with Crippen LogP contribution in [-0.4, -0.2) is 41.5 Å². The predicted octanol–water partition coefficient (Wildman–Crippen LogP) is 4.52. The highest BCUT2D eigenvalue weighted by molar-refractivity contribution is 7.16. The van der Waals surface area contributed by atoms with Crippen molar-refractivity contribution in [1.29, 1.82) is 0 Å². The number of hydrogen-bond donors (Lipinski definition) is 2. The van der Waals surface area contributed by atoms with Gasteiger partial charge in [-0.1, -0.05) is 19.1 Å². The maximum absolute atomic E-state index is 13.3. The first-order chi connectivity index (χ1) is 17.5. The second-order valence-electron chi connectivity index (χ2n) is 9.40. The third kappa shape index (κ3) is 7.91. The number of nitrogens with one attached hydrogen (secondary N) is 2. The Balaban J connectivity index is 1.75. The lowest BCUT2D eigenvalue weighted by Gasteiger charge is -2.30. The van der Waals surface area contributed by atoms with Crippen molar-refractivity contribution in [3.05, 3.63) is 76.8 Å². The van der Waals surface area contributed by atoms with E-state index in [4.69, 9.17) is 4.74 Å². The number of carbonyl (C=O) groups excluding carboxylic acids is 3. The largest absolute Gasteiger partial charge is 0.469 e. The number of ether oxygens (including phenoxy) is 1. The van der Waals surface area contributed by atoms with Gasteiger partial charge in [-0.2, -0.15) is 0 Å². The van der Waals surface area contributed by atoms with Crippen LogP contribution >= 0.6 is 11.3 Å². The van der Waals surface area contributed by atoms with Gasteiger partial charge in [0.1, 0.15) is 27.6 Å². The summed E-state index contributed by atoms with van der Waals surface area (Å²) in [5, 5.41) is 6.16. The van der Waals surface area contributed by atoms with Crippen molar-refractivity contribution in [2.75, 3.05) is 7.11 Å². The highest BCUT2D eigenvalue weighted by atomic mass is 32.1. The Labute approximate surface area is 218 Å². The van der Waals surface area contributed by atoms with Crippen molar-refractivity contribution >= 4 is 29.1 Å². The molecule has 7 nitrogen and oxygen atoms in total. The van der Waals surface area contributed by atoms with Gasteiger partial charge in [-0.05, 0) is 68.7 Å². The number of halogens is 2. The van der Waals surface area contributed by atoms with E-state index in [1.54, 1.807) is 31.2 Å². The molecule has 2 aromatic carbocycles. The average molecular weight is 530 g/mol. The van der Waals surface area contributed by atoms with E-state index in [1.807, 2.05) is 13.8 Å². The van der Waals surface area contributed by atoms with Crippen LogP contribution in [0.4, 0.5) is 8.78 Å². The van der Waals surface area contributed by atoms with Crippen molar-refractivity contribution in [3.63, 3.8) is 0 Å². The van der Waals surface area contributed by atoms with Crippen molar-refractivity contribution < 1.29 is 27.9 Å². The van der Waals surface area contributed by atoms with Crippen LogP contribution in [0.1, 0.15) is 42.4 Å². The normalized spacial score (nSPS) is 12.9. The number of nitrogens with zero attached hydrogens (tertiary/aromatic N) is 1. The zero-order valence-corrected chi connectivity index (χ0v) is 21.8. The van der Waals surface area contributed by atoms with Crippen LogP contribution in [0, 0.1) is 17.6 Å². The van der Waals surface area contributed by atoms with Crippen LogP contribution in [0.25, 0.3) is 10.6 Å². The van der Waals surface area contributed by atoms with Gasteiger partial charge in [0, 0.05) is 11.1 Å². The van der Waals surface area contributed by atoms with Gasteiger partial charge < -0.3 is 15.4 Å². The minimum absolute atomic E-state index is 0.0144. The molecule has 0 fully saturated rings. The van der Waals surface area contributed by atoms with Gasteiger partial charge in [0.2, 0.25) is 5.91 Å². The van der Waals surface area contributed by atoms with Crippen LogP contribution in [0.2, 0.25) is 0 Å². The van der Waals surface area contributed by atoms with Crippen molar-refractivity contribution in [2.45, 2.75) is 45.2 Å². The molecule has 0 aliphatic carbocycles. The fourth-order valence-corrected chi connectivity index (χ4v) is 4.62. The first-order valence-corrected chi connectivity index (χ1v) is 12.5. The van der Waals surface area contributed by atoms with Crippen LogP contribution < -0.4 is 10.6 Å². The minimum Gasteiger partial charge on any atom is -0.469 e. The molecule has 3 rings (SSSR count). The third-order valence-corrected chi connectivity index (χ3v) is 6.70. The van der Waals surface area contributed by atoms with Gasteiger partial charge in [0.15, 0.2) is 0 Å². The lowest BCUT2D eigenvalue weighted by Crippen LogP contribution is -2.54. The lowest BCUT2D eigenvalue weighted by molar-refractivity contribution is -0.145. The van der Waals surface area contributed by atoms with Crippen LogP contribution in [0.15, 0.2) is 54.7 Å². The van der Waals surface area contributed by atoms with E-state index < -0.39 is 35.3 Å². The van der Waals surface area contributed by atoms with E-state index in [1.165, 1.54) is 37.6 Å². The number of amides is 2. The van der Waals surface area contributed by atoms with E-state index in [0.29, 0.717) is 17.0 Å². The molecule has 1 heterocycles. The van der Waals surface area contributed by atoms with Gasteiger partial charge in [-0.25, -0.2) is 13.8 Å². The second kappa shape index (κ2) is 12.1. The summed E-state index contributed by atoms with van der Waals surface area (Å²) in [6, 6.07) is 10.7. The molecule has 196 valence electrons. The van der Waals surface area contributed by atoms with Crippen LogP contribution in [-0.2, 0) is 20.7 Å². The molecule has 0 spiro atoms. The number of benzene rings is 2. The van der Waals surface area contributed by atoms with Crippen molar-refractivity contribution in [3.8, 4) is 10.6 Å². The molecule has 0 saturated carbocycles. The molecule has 0 aliphatic heterocycles. The number of carbonyl (C=O) groups is 3. The number of hydrogen-bond acceptors (Lipinski definition) is 6. The van der Waals surface area contributed by atoms with E-state index in [0.717, 1.165) is 16.9 Å². The Morgan fingerprint density at radius 2 is 1.62 bits per heavy atom. The van der Waals surface area contributed by atoms with Gasteiger partial charge in [-0.3, -0.25) is 14.4 Å². The van der Waals surface area contributed by atoms with E-state index in [-0.39, 0.29) is 22.9 Å². The third-order valence-electron chi connectivity index (χ3n) is 5.66. The number of methoxy groups -OCH3 is 1. The predicted molar refractivity (Wildman–Crippen MR) is 137 cm³/mol. The number of thiazole rings is 1. The van der Waals surface area contributed by atoms with Crippen LogP contribution in [0.5, 0.6) is 0 Å². The molecule has 3 aromatic rings. The van der Waals surface area contributed by atoms with Crippen molar-refractivity contribution in [1.82, 2.24) is 15.6 Å².